The van der Waals surface area contributed by atoms with Crippen LogP contribution in [0.4, 0.5) is 17.1 Å². The molecule has 2 nitrogen and oxygen atoms in total. The zero-order chi connectivity index (χ0) is 51.5. The molecule has 0 aliphatic heterocycles. The minimum atomic E-state index is -0.131. The minimum Gasteiger partial charge on any atom is -0.310 e. The molecule has 376 valence electrons. The van der Waals surface area contributed by atoms with Crippen LogP contribution in [0.5, 0.6) is 0 Å². The molecular weight excluding hydrogens is 929 g/mol. The second-order valence-corrected chi connectivity index (χ2v) is 22.9. The largest absolute Gasteiger partial charge is 0.310 e. The Hall–Kier alpha value is -8.20. The van der Waals surface area contributed by atoms with Crippen LogP contribution in [0.2, 0.25) is 0 Å². The highest BCUT2D eigenvalue weighted by atomic mass is 15.1. The molecule has 77 heavy (non-hydrogen) atoms. The molecule has 11 aromatic rings. The van der Waals surface area contributed by atoms with E-state index in [1.807, 2.05) is 0 Å². The van der Waals surface area contributed by atoms with Crippen molar-refractivity contribution in [3.05, 3.63) is 253 Å². The van der Waals surface area contributed by atoms with Gasteiger partial charge in [0.2, 0.25) is 0 Å². The van der Waals surface area contributed by atoms with E-state index in [1.54, 1.807) is 0 Å². The fraction of sp³-hybridized carbons (Fsp3) is 0.200. The second kappa shape index (κ2) is 19.7. The first-order chi connectivity index (χ1) is 37.9. The van der Waals surface area contributed by atoms with Gasteiger partial charge < -0.3 is 9.47 Å². The SMILES string of the molecule is CC1(C)c2ccccc2-c2ccc(N(c3ccc(-c4ccc(-c5ccc(-n6c7ccc(C8CCCCC8)cc7c7cc(C8CCCCC8)ccc76)cc5)cc4)cc3)c3ccccc3-c3ccccc3-c3ccccc3)cc21. The van der Waals surface area contributed by atoms with Crippen LogP contribution in [-0.2, 0) is 5.41 Å². The molecule has 0 bridgehead atoms. The first-order valence-electron chi connectivity index (χ1n) is 28.6. The molecule has 0 unspecified atom stereocenters. The summed E-state index contributed by atoms with van der Waals surface area (Å²) >= 11 is 0. The maximum atomic E-state index is 2.56. The molecule has 0 saturated heterocycles. The van der Waals surface area contributed by atoms with Crippen LogP contribution in [-0.4, -0.2) is 4.57 Å². The van der Waals surface area contributed by atoms with Crippen LogP contribution in [0, 0.1) is 0 Å². The number of benzene rings is 10. The van der Waals surface area contributed by atoms with Crippen molar-refractivity contribution < 1.29 is 0 Å². The van der Waals surface area contributed by atoms with Gasteiger partial charge in [-0.15, -0.1) is 0 Å². The third kappa shape index (κ3) is 8.50. The van der Waals surface area contributed by atoms with Gasteiger partial charge in [-0.05, 0) is 177 Å². The highest BCUT2D eigenvalue weighted by molar-refractivity contribution is 6.10. The molecule has 0 N–H and O–H groups in total. The quantitative estimate of drug-likeness (QED) is 0.133. The normalized spacial score (nSPS) is 15.4. The van der Waals surface area contributed by atoms with E-state index >= 15 is 0 Å². The number of anilines is 3. The topological polar surface area (TPSA) is 8.17 Å². The van der Waals surface area contributed by atoms with Gasteiger partial charge in [0, 0.05) is 38.8 Å². The molecule has 1 aromatic heterocycles. The fourth-order valence-electron chi connectivity index (χ4n) is 13.9. The maximum Gasteiger partial charge on any atom is 0.0541 e. The van der Waals surface area contributed by atoms with Crippen molar-refractivity contribution >= 4 is 38.9 Å². The smallest absolute Gasteiger partial charge is 0.0541 e. The van der Waals surface area contributed by atoms with Crippen molar-refractivity contribution in [2.24, 2.45) is 0 Å². The van der Waals surface area contributed by atoms with Crippen LogP contribution in [0.15, 0.2) is 231 Å². The number of fused-ring (bicyclic) bond motifs is 6. The summed E-state index contributed by atoms with van der Waals surface area (Å²) in [6, 6.07) is 87.0. The molecule has 2 heteroatoms. The summed E-state index contributed by atoms with van der Waals surface area (Å²) in [5, 5.41) is 2.82. The third-order valence-corrected chi connectivity index (χ3v) is 18.0. The second-order valence-electron chi connectivity index (χ2n) is 22.9. The van der Waals surface area contributed by atoms with Gasteiger partial charge in [-0.1, -0.05) is 216 Å². The monoisotopic (exact) mass is 995 g/mol. The minimum absolute atomic E-state index is 0.131. The Balaban J connectivity index is 0.789. The van der Waals surface area contributed by atoms with Crippen molar-refractivity contribution in [1.29, 1.82) is 0 Å². The van der Waals surface area contributed by atoms with E-state index in [9.17, 15) is 0 Å². The van der Waals surface area contributed by atoms with E-state index in [0.717, 1.165) is 17.1 Å². The summed E-state index contributed by atoms with van der Waals surface area (Å²) in [6.07, 6.45) is 13.4. The number of rotatable bonds is 10. The summed E-state index contributed by atoms with van der Waals surface area (Å²) in [5.74, 6) is 1.36. The molecule has 2 saturated carbocycles. The van der Waals surface area contributed by atoms with Crippen LogP contribution in [0.1, 0.15) is 112 Å². The Kier molecular flexibility index (Phi) is 12.1. The predicted molar refractivity (Wildman–Crippen MR) is 326 cm³/mol. The number of hydrogen-bond acceptors (Lipinski definition) is 1. The van der Waals surface area contributed by atoms with Gasteiger partial charge >= 0.3 is 0 Å². The zero-order valence-corrected chi connectivity index (χ0v) is 44.6. The number of para-hydroxylation sites is 1. The lowest BCUT2D eigenvalue weighted by molar-refractivity contribution is 0.444. The van der Waals surface area contributed by atoms with Crippen molar-refractivity contribution in [3.8, 4) is 61.3 Å². The Morgan fingerprint density at radius 3 is 1.42 bits per heavy atom. The molecule has 1 heterocycles. The molecule has 0 spiro atoms. The van der Waals surface area contributed by atoms with E-state index in [-0.39, 0.29) is 5.41 Å². The van der Waals surface area contributed by atoms with E-state index < -0.39 is 0 Å². The van der Waals surface area contributed by atoms with Crippen LogP contribution >= 0.6 is 0 Å². The van der Waals surface area contributed by atoms with Gasteiger partial charge in [-0.25, -0.2) is 0 Å². The summed E-state index contributed by atoms with van der Waals surface area (Å²) in [4.78, 5) is 2.47. The highest BCUT2D eigenvalue weighted by Gasteiger charge is 2.36. The molecule has 2 fully saturated rings. The fourth-order valence-corrected chi connectivity index (χ4v) is 13.9. The third-order valence-electron chi connectivity index (χ3n) is 18.0. The summed E-state index contributed by atoms with van der Waals surface area (Å²) < 4.78 is 2.52. The first kappa shape index (κ1) is 47.3. The summed E-state index contributed by atoms with van der Waals surface area (Å²) in [5.41, 5.74) is 25.2. The van der Waals surface area contributed by atoms with Crippen LogP contribution < -0.4 is 4.90 Å². The standard InChI is InChI=1S/C75H66N2/c1-75(2)70-28-16-14-26-65(70)66-45-44-62(50-71(66)75)76(72-29-17-15-27-67(72)64-25-13-12-24-63(64)57-22-10-5-11-23-57)60-40-34-55(35-41-60)53-30-32-54(33-31-53)56-36-42-61(43-37-56)77-73-46-38-58(51-18-6-3-7-19-51)48-68(73)69-49-59(39-47-74(69)77)52-20-8-4-9-21-52/h5,10-17,22-52H,3-4,6-9,18-21H2,1-2H3. The highest BCUT2D eigenvalue weighted by Crippen LogP contribution is 2.52. The number of aromatic nitrogens is 1. The lowest BCUT2D eigenvalue weighted by Crippen LogP contribution is -2.17. The molecular formula is C75H66N2. The molecule has 3 aliphatic carbocycles. The van der Waals surface area contributed by atoms with E-state index in [4.69, 9.17) is 0 Å². The van der Waals surface area contributed by atoms with E-state index in [0.29, 0.717) is 11.8 Å². The van der Waals surface area contributed by atoms with Gasteiger partial charge in [0.05, 0.1) is 16.7 Å². The summed E-state index contributed by atoms with van der Waals surface area (Å²) in [6.45, 7) is 4.74. The molecule has 3 aliphatic rings. The molecule has 14 rings (SSSR count). The average molecular weight is 995 g/mol. The molecule has 10 aromatic carbocycles. The lowest BCUT2D eigenvalue weighted by atomic mass is 9.82. The average Bonchev–Trinajstić information content (AvgIpc) is 4.09. The van der Waals surface area contributed by atoms with Gasteiger partial charge in [0.25, 0.3) is 0 Å². The van der Waals surface area contributed by atoms with E-state index in [1.165, 1.54) is 170 Å². The molecule has 0 atom stereocenters. The Bertz CT molecular complexity index is 3860. The van der Waals surface area contributed by atoms with E-state index in [2.05, 4.69) is 254 Å². The maximum absolute atomic E-state index is 2.56. The van der Waals surface area contributed by atoms with Gasteiger partial charge in [0.15, 0.2) is 0 Å². The predicted octanol–water partition coefficient (Wildman–Crippen LogP) is 21.3. The Morgan fingerprint density at radius 2 is 0.818 bits per heavy atom. The number of hydrogen-bond donors (Lipinski definition) is 0. The Labute approximate surface area is 455 Å². The van der Waals surface area contributed by atoms with Gasteiger partial charge in [-0.2, -0.15) is 0 Å². The van der Waals surface area contributed by atoms with Gasteiger partial charge in [0.1, 0.15) is 0 Å². The first-order valence-corrected chi connectivity index (χ1v) is 28.6. The zero-order valence-electron chi connectivity index (χ0n) is 44.6. The number of nitrogens with zero attached hydrogens (tertiary/aromatic N) is 2. The lowest BCUT2D eigenvalue weighted by Gasteiger charge is -2.30. The van der Waals surface area contributed by atoms with Crippen molar-refractivity contribution in [1.82, 2.24) is 4.57 Å². The summed E-state index contributed by atoms with van der Waals surface area (Å²) in [7, 11) is 0. The Morgan fingerprint density at radius 1 is 0.351 bits per heavy atom. The molecule has 0 radical (unpaired) electrons. The van der Waals surface area contributed by atoms with Crippen molar-refractivity contribution in [3.63, 3.8) is 0 Å². The molecule has 0 amide bonds. The van der Waals surface area contributed by atoms with Crippen molar-refractivity contribution in [2.45, 2.75) is 95.3 Å². The van der Waals surface area contributed by atoms with Crippen LogP contribution in [0.3, 0.4) is 0 Å². The van der Waals surface area contributed by atoms with Gasteiger partial charge in [-0.3, -0.25) is 0 Å². The van der Waals surface area contributed by atoms with Crippen molar-refractivity contribution in [2.75, 3.05) is 4.90 Å². The van der Waals surface area contributed by atoms with Crippen LogP contribution in [0.25, 0.3) is 83.1 Å².